The summed E-state index contributed by atoms with van der Waals surface area (Å²) in [5.74, 6) is 0.761. The number of carbonyl (C=O) groups is 1. The molecule has 0 aromatic heterocycles. The largest absolute Gasteiger partial charge is 0.454 e. The highest BCUT2D eigenvalue weighted by Crippen LogP contribution is 2.35. The number of ether oxygens (including phenoxy) is 2. The van der Waals surface area contributed by atoms with Crippen LogP contribution in [0.15, 0.2) is 48.5 Å². The average molecular weight is 279 g/mol. The number of Topliss-reactive ketones (excluding diaryl/α,β-unsaturated/α-hetero) is 1. The van der Waals surface area contributed by atoms with Crippen molar-refractivity contribution in [3.63, 3.8) is 0 Å². The van der Waals surface area contributed by atoms with Gasteiger partial charge in [-0.05, 0) is 17.7 Å². The monoisotopic (exact) mass is 279 g/mol. The van der Waals surface area contributed by atoms with E-state index in [2.05, 4.69) is 6.07 Å². The SMILES string of the molecule is N#C[C@H](CC(=O)c1ccccc1)c1ccc2c(c1)OCO2. The van der Waals surface area contributed by atoms with Crippen LogP contribution < -0.4 is 9.47 Å². The molecule has 2 aromatic carbocycles. The van der Waals surface area contributed by atoms with Crippen molar-refractivity contribution in [2.75, 3.05) is 6.79 Å². The molecule has 21 heavy (non-hydrogen) atoms. The molecule has 0 unspecified atom stereocenters. The van der Waals surface area contributed by atoms with E-state index in [0.717, 1.165) is 5.56 Å². The minimum atomic E-state index is -0.493. The van der Waals surface area contributed by atoms with Gasteiger partial charge >= 0.3 is 0 Å². The lowest BCUT2D eigenvalue weighted by Crippen LogP contribution is -2.06. The van der Waals surface area contributed by atoms with Crippen molar-refractivity contribution in [1.29, 1.82) is 5.26 Å². The number of fused-ring (bicyclic) bond motifs is 1. The first-order valence-electron chi connectivity index (χ1n) is 6.65. The molecule has 0 amide bonds. The van der Waals surface area contributed by atoms with Gasteiger partial charge in [0.15, 0.2) is 17.3 Å². The molecule has 4 nitrogen and oxygen atoms in total. The van der Waals surface area contributed by atoms with Gasteiger partial charge in [-0.3, -0.25) is 4.79 Å². The number of nitrogens with zero attached hydrogens (tertiary/aromatic N) is 1. The Balaban J connectivity index is 1.80. The molecule has 0 radical (unpaired) electrons. The minimum Gasteiger partial charge on any atom is -0.454 e. The van der Waals surface area contributed by atoms with Gasteiger partial charge in [0.1, 0.15) is 0 Å². The van der Waals surface area contributed by atoms with E-state index in [1.807, 2.05) is 18.2 Å². The van der Waals surface area contributed by atoms with Crippen molar-refractivity contribution >= 4 is 5.78 Å². The third kappa shape index (κ3) is 2.72. The Kier molecular flexibility index (Phi) is 3.57. The van der Waals surface area contributed by atoms with E-state index < -0.39 is 5.92 Å². The zero-order valence-corrected chi connectivity index (χ0v) is 11.3. The third-order valence-electron chi connectivity index (χ3n) is 3.44. The van der Waals surface area contributed by atoms with E-state index in [9.17, 15) is 10.1 Å². The molecule has 0 aliphatic carbocycles. The second-order valence-corrected chi connectivity index (χ2v) is 4.79. The van der Waals surface area contributed by atoms with E-state index >= 15 is 0 Å². The van der Waals surface area contributed by atoms with Gasteiger partial charge < -0.3 is 9.47 Å². The number of carbonyl (C=O) groups excluding carboxylic acids is 1. The van der Waals surface area contributed by atoms with Gasteiger partial charge in [0.2, 0.25) is 6.79 Å². The highest BCUT2D eigenvalue weighted by atomic mass is 16.7. The summed E-state index contributed by atoms with van der Waals surface area (Å²) in [6, 6.07) is 16.6. The normalized spacial score (nSPS) is 13.5. The molecule has 1 aliphatic heterocycles. The van der Waals surface area contributed by atoms with Gasteiger partial charge in [-0.2, -0.15) is 5.26 Å². The highest BCUT2D eigenvalue weighted by molar-refractivity contribution is 5.96. The number of hydrogen-bond acceptors (Lipinski definition) is 4. The van der Waals surface area contributed by atoms with Crippen molar-refractivity contribution in [1.82, 2.24) is 0 Å². The molecule has 0 fully saturated rings. The Morgan fingerprint density at radius 3 is 2.67 bits per heavy atom. The Morgan fingerprint density at radius 2 is 1.90 bits per heavy atom. The van der Waals surface area contributed by atoms with Crippen molar-refractivity contribution in [2.45, 2.75) is 12.3 Å². The van der Waals surface area contributed by atoms with Crippen LogP contribution in [-0.4, -0.2) is 12.6 Å². The predicted molar refractivity (Wildman–Crippen MR) is 76.3 cm³/mol. The Morgan fingerprint density at radius 1 is 1.14 bits per heavy atom. The summed E-state index contributed by atoms with van der Waals surface area (Å²) in [4.78, 5) is 12.2. The predicted octanol–water partition coefficient (Wildman–Crippen LogP) is 3.30. The Labute approximate surface area is 122 Å². The number of rotatable bonds is 4. The van der Waals surface area contributed by atoms with Gasteiger partial charge in [-0.25, -0.2) is 0 Å². The number of benzene rings is 2. The van der Waals surface area contributed by atoms with Crippen molar-refractivity contribution in [3.8, 4) is 17.6 Å². The molecular formula is C17H13NO3. The fourth-order valence-electron chi connectivity index (χ4n) is 2.30. The van der Waals surface area contributed by atoms with E-state index in [1.54, 1.807) is 30.3 Å². The van der Waals surface area contributed by atoms with Crippen LogP contribution in [0.3, 0.4) is 0 Å². The Hall–Kier alpha value is -2.80. The van der Waals surface area contributed by atoms with Crippen molar-refractivity contribution in [3.05, 3.63) is 59.7 Å². The lowest BCUT2D eigenvalue weighted by molar-refractivity contribution is 0.0979. The van der Waals surface area contributed by atoms with Crippen LogP contribution in [0.1, 0.15) is 28.3 Å². The molecular weight excluding hydrogens is 266 g/mol. The molecule has 0 N–H and O–H groups in total. The zero-order valence-electron chi connectivity index (χ0n) is 11.3. The standard InChI is InChI=1S/C17H13NO3/c18-10-14(8-15(19)12-4-2-1-3-5-12)13-6-7-16-17(9-13)21-11-20-16/h1-7,9,14H,8,11H2/t14-/m0/s1. The molecule has 0 spiro atoms. The fourth-order valence-corrected chi connectivity index (χ4v) is 2.30. The molecule has 0 saturated heterocycles. The van der Waals surface area contributed by atoms with Gasteiger partial charge in [0.05, 0.1) is 12.0 Å². The van der Waals surface area contributed by atoms with E-state index in [-0.39, 0.29) is 19.0 Å². The third-order valence-corrected chi connectivity index (χ3v) is 3.44. The van der Waals surface area contributed by atoms with Crippen molar-refractivity contribution in [2.24, 2.45) is 0 Å². The molecule has 1 heterocycles. The average Bonchev–Trinajstić information content (AvgIpc) is 3.00. The summed E-state index contributed by atoms with van der Waals surface area (Å²) in [6.07, 6.45) is 0.153. The lowest BCUT2D eigenvalue weighted by atomic mass is 9.92. The molecule has 4 heteroatoms. The number of hydrogen-bond donors (Lipinski definition) is 0. The van der Waals surface area contributed by atoms with Gasteiger partial charge in [0, 0.05) is 12.0 Å². The van der Waals surface area contributed by atoms with Crippen LogP contribution in [0.2, 0.25) is 0 Å². The molecule has 0 bridgehead atoms. The maximum Gasteiger partial charge on any atom is 0.231 e. The molecule has 1 atom stereocenters. The maximum atomic E-state index is 12.2. The number of nitriles is 1. The van der Waals surface area contributed by atoms with E-state index in [4.69, 9.17) is 9.47 Å². The minimum absolute atomic E-state index is 0.0418. The van der Waals surface area contributed by atoms with Crippen LogP contribution in [0, 0.1) is 11.3 Å². The summed E-state index contributed by atoms with van der Waals surface area (Å²) in [7, 11) is 0. The van der Waals surface area contributed by atoms with E-state index in [1.165, 1.54) is 0 Å². The van der Waals surface area contributed by atoms with Crippen LogP contribution in [0.4, 0.5) is 0 Å². The lowest BCUT2D eigenvalue weighted by Gasteiger charge is -2.09. The quantitative estimate of drug-likeness (QED) is 0.806. The summed E-state index contributed by atoms with van der Waals surface area (Å²) in [5.41, 5.74) is 1.39. The van der Waals surface area contributed by atoms with Gasteiger partial charge in [0.25, 0.3) is 0 Å². The summed E-state index contributed by atoms with van der Waals surface area (Å²) in [5, 5.41) is 9.35. The molecule has 104 valence electrons. The Bertz CT molecular complexity index is 704. The molecule has 3 rings (SSSR count). The summed E-state index contributed by atoms with van der Waals surface area (Å²) in [6.45, 7) is 0.193. The topological polar surface area (TPSA) is 59.3 Å². The first kappa shape index (κ1) is 13.2. The number of ketones is 1. The fraction of sp³-hybridized carbons (Fsp3) is 0.176. The zero-order chi connectivity index (χ0) is 14.7. The second kappa shape index (κ2) is 5.68. The summed E-state index contributed by atoms with van der Waals surface area (Å²) >= 11 is 0. The highest BCUT2D eigenvalue weighted by Gasteiger charge is 2.20. The second-order valence-electron chi connectivity index (χ2n) is 4.79. The first-order chi connectivity index (χ1) is 10.3. The van der Waals surface area contributed by atoms with Crippen LogP contribution >= 0.6 is 0 Å². The van der Waals surface area contributed by atoms with Crippen LogP contribution in [-0.2, 0) is 0 Å². The van der Waals surface area contributed by atoms with Gasteiger partial charge in [-0.15, -0.1) is 0 Å². The van der Waals surface area contributed by atoms with Gasteiger partial charge in [-0.1, -0.05) is 36.4 Å². The maximum absolute atomic E-state index is 12.2. The summed E-state index contributed by atoms with van der Waals surface area (Å²) < 4.78 is 10.6. The molecule has 2 aromatic rings. The molecule has 1 aliphatic rings. The van der Waals surface area contributed by atoms with E-state index in [0.29, 0.717) is 17.1 Å². The van der Waals surface area contributed by atoms with Crippen LogP contribution in [0.5, 0.6) is 11.5 Å². The van der Waals surface area contributed by atoms with Crippen molar-refractivity contribution < 1.29 is 14.3 Å². The smallest absolute Gasteiger partial charge is 0.231 e. The van der Waals surface area contributed by atoms with Crippen LogP contribution in [0.25, 0.3) is 0 Å². The molecule has 0 saturated carbocycles. The first-order valence-corrected chi connectivity index (χ1v) is 6.65.